The first kappa shape index (κ1) is 29.8. The number of nitrogens with two attached hydrogens (primary N) is 1. The normalized spacial score (nSPS) is 13.0. The summed E-state index contributed by atoms with van der Waals surface area (Å²) in [7, 11) is -13.6. The van der Waals surface area contributed by atoms with Crippen molar-refractivity contribution in [3.63, 3.8) is 0 Å². The van der Waals surface area contributed by atoms with Crippen molar-refractivity contribution in [1.82, 2.24) is 0 Å². The van der Waals surface area contributed by atoms with E-state index in [1.165, 1.54) is 54.6 Å². The topological polar surface area (TPSA) is 239 Å². The van der Waals surface area contributed by atoms with Gasteiger partial charge in [-0.3, -0.25) is 13.7 Å². The average Bonchev–Trinajstić information content (AvgIpc) is 2.94. The molecular weight excluding hydrogens is 623 g/mol. The van der Waals surface area contributed by atoms with Crippen LogP contribution in [-0.4, -0.2) is 38.9 Å². The molecule has 5 rings (SSSR count). The third-order valence-electron chi connectivity index (χ3n) is 6.19. The predicted molar refractivity (Wildman–Crippen MR) is 157 cm³/mol. The second-order valence-electron chi connectivity index (χ2n) is 9.02. The molecular formula is C26H19N5O9S3. The molecule has 0 saturated carbocycles. The van der Waals surface area contributed by atoms with E-state index < -0.39 is 40.1 Å². The van der Waals surface area contributed by atoms with Crippen molar-refractivity contribution in [2.45, 2.75) is 14.7 Å². The molecule has 220 valence electrons. The van der Waals surface area contributed by atoms with Gasteiger partial charge in [-0.1, -0.05) is 18.2 Å². The minimum atomic E-state index is -4.61. The van der Waals surface area contributed by atoms with E-state index >= 15 is 0 Å². The van der Waals surface area contributed by atoms with Crippen molar-refractivity contribution in [3.8, 4) is 0 Å². The van der Waals surface area contributed by atoms with E-state index in [2.05, 4.69) is 20.5 Å². The van der Waals surface area contributed by atoms with Crippen molar-refractivity contribution in [3.05, 3.63) is 84.9 Å². The van der Waals surface area contributed by atoms with Gasteiger partial charge in [0.2, 0.25) is 0 Å². The molecule has 43 heavy (non-hydrogen) atoms. The van der Waals surface area contributed by atoms with Gasteiger partial charge < -0.3 is 5.73 Å². The van der Waals surface area contributed by atoms with Gasteiger partial charge in [0, 0.05) is 27.2 Å². The minimum absolute atomic E-state index is 0.0671. The zero-order chi connectivity index (χ0) is 31.2. The van der Waals surface area contributed by atoms with Crippen LogP contribution in [0.1, 0.15) is 0 Å². The Morgan fingerprint density at radius 2 is 0.907 bits per heavy atom. The minimum Gasteiger partial charge on any atom is -0.398 e. The highest BCUT2D eigenvalue weighted by atomic mass is 32.2. The first-order valence-corrected chi connectivity index (χ1v) is 16.2. The molecule has 17 heteroatoms. The van der Waals surface area contributed by atoms with Crippen LogP contribution in [0, 0.1) is 0 Å². The van der Waals surface area contributed by atoms with Crippen LogP contribution >= 0.6 is 0 Å². The Labute approximate surface area is 244 Å². The highest BCUT2D eigenvalue weighted by Crippen LogP contribution is 2.38. The maximum Gasteiger partial charge on any atom is 0.294 e. The molecule has 0 bridgehead atoms. The largest absolute Gasteiger partial charge is 0.398 e. The number of benzene rings is 5. The molecule has 0 aromatic heterocycles. The third kappa shape index (κ3) is 6.41. The molecule has 0 radical (unpaired) electrons. The summed E-state index contributed by atoms with van der Waals surface area (Å²) in [4.78, 5) is -1.22. The molecule has 5 aromatic rings. The van der Waals surface area contributed by atoms with E-state index in [0.717, 1.165) is 24.3 Å². The number of rotatable bonds is 7. The Hall–Kier alpha value is -4.65. The van der Waals surface area contributed by atoms with Crippen LogP contribution in [0.5, 0.6) is 0 Å². The summed E-state index contributed by atoms with van der Waals surface area (Å²) < 4.78 is 98.4. The zero-order valence-electron chi connectivity index (χ0n) is 21.5. The van der Waals surface area contributed by atoms with Crippen molar-refractivity contribution in [2.75, 3.05) is 5.73 Å². The van der Waals surface area contributed by atoms with Gasteiger partial charge in [0.15, 0.2) is 0 Å². The molecule has 0 saturated heterocycles. The molecule has 0 fully saturated rings. The SMILES string of the molecule is Nc1ccc(N=Nc2ccc(N=Nc3cccc(S(=O)(=O)O)c3)c3cc(S(=O)(=O)O)ccc23)c2cc(S(=O)(=O)O)ccc12. The summed E-state index contributed by atoms with van der Waals surface area (Å²) >= 11 is 0. The molecule has 0 unspecified atom stereocenters. The maximum atomic E-state index is 11.9. The van der Waals surface area contributed by atoms with Crippen LogP contribution in [0.25, 0.3) is 21.5 Å². The van der Waals surface area contributed by atoms with Crippen molar-refractivity contribution in [2.24, 2.45) is 20.5 Å². The lowest BCUT2D eigenvalue weighted by molar-refractivity contribution is 0.481. The molecule has 0 atom stereocenters. The molecule has 0 aliphatic carbocycles. The van der Waals surface area contributed by atoms with Crippen LogP contribution in [-0.2, 0) is 30.4 Å². The van der Waals surface area contributed by atoms with Crippen LogP contribution in [0.2, 0.25) is 0 Å². The number of nitrogen functional groups attached to an aromatic ring is 1. The van der Waals surface area contributed by atoms with Gasteiger partial charge >= 0.3 is 0 Å². The predicted octanol–water partition coefficient (Wildman–Crippen LogP) is 6.15. The first-order chi connectivity index (χ1) is 20.1. The number of hydrogen-bond acceptors (Lipinski definition) is 11. The second-order valence-corrected chi connectivity index (χ2v) is 13.3. The Morgan fingerprint density at radius 1 is 0.465 bits per heavy atom. The molecule has 5 aromatic carbocycles. The van der Waals surface area contributed by atoms with Gasteiger partial charge in [0.25, 0.3) is 30.4 Å². The molecule has 14 nitrogen and oxygen atoms in total. The van der Waals surface area contributed by atoms with Crippen LogP contribution < -0.4 is 5.73 Å². The molecule has 5 N–H and O–H groups in total. The van der Waals surface area contributed by atoms with Gasteiger partial charge in [-0.2, -0.15) is 30.4 Å². The summed E-state index contributed by atoms with van der Waals surface area (Å²) in [5.41, 5.74) is 6.96. The zero-order valence-corrected chi connectivity index (χ0v) is 23.9. The summed E-state index contributed by atoms with van der Waals surface area (Å²) in [6, 6.07) is 18.4. The first-order valence-electron chi connectivity index (χ1n) is 11.9. The second kappa shape index (κ2) is 10.9. The third-order valence-corrected chi connectivity index (χ3v) is 8.74. The molecule has 0 heterocycles. The number of hydrogen-bond donors (Lipinski definition) is 4. The summed E-state index contributed by atoms with van der Waals surface area (Å²) in [5, 5.41) is 17.8. The van der Waals surface area contributed by atoms with E-state index in [-0.39, 0.29) is 38.4 Å². The number of anilines is 1. The van der Waals surface area contributed by atoms with E-state index in [1.807, 2.05) is 0 Å². The Morgan fingerprint density at radius 3 is 1.47 bits per heavy atom. The van der Waals surface area contributed by atoms with Gasteiger partial charge in [0.05, 0.1) is 37.4 Å². The lowest BCUT2D eigenvalue weighted by Crippen LogP contribution is -1.98. The fourth-order valence-electron chi connectivity index (χ4n) is 4.14. The fourth-order valence-corrected chi connectivity index (χ4v) is 5.67. The molecule has 0 spiro atoms. The van der Waals surface area contributed by atoms with Crippen molar-refractivity contribution in [1.29, 1.82) is 0 Å². The van der Waals surface area contributed by atoms with Gasteiger partial charge in [-0.05, 0) is 66.7 Å². The van der Waals surface area contributed by atoms with Gasteiger partial charge in [-0.15, -0.1) is 15.3 Å². The Bertz CT molecular complexity index is 2340. The maximum absolute atomic E-state index is 11.9. The number of nitrogens with zero attached hydrogens (tertiary/aromatic N) is 4. The summed E-state index contributed by atoms with van der Waals surface area (Å²) in [6.45, 7) is 0. The fraction of sp³-hybridized carbons (Fsp3) is 0. The highest BCUT2D eigenvalue weighted by molar-refractivity contribution is 7.86. The van der Waals surface area contributed by atoms with Crippen LogP contribution in [0.4, 0.5) is 28.4 Å². The smallest absolute Gasteiger partial charge is 0.294 e. The molecule has 0 aliphatic rings. The molecule has 0 aliphatic heterocycles. The van der Waals surface area contributed by atoms with Crippen molar-refractivity contribution >= 4 is 80.3 Å². The van der Waals surface area contributed by atoms with E-state index in [1.54, 1.807) is 6.07 Å². The lowest BCUT2D eigenvalue weighted by atomic mass is 10.1. The summed E-state index contributed by atoms with van der Waals surface area (Å²) in [6.07, 6.45) is 0. The van der Waals surface area contributed by atoms with E-state index in [0.29, 0.717) is 16.5 Å². The Kier molecular flexibility index (Phi) is 7.55. The average molecular weight is 642 g/mol. The van der Waals surface area contributed by atoms with Gasteiger partial charge in [-0.25, -0.2) is 0 Å². The molecule has 0 amide bonds. The van der Waals surface area contributed by atoms with E-state index in [4.69, 9.17) is 5.73 Å². The van der Waals surface area contributed by atoms with Crippen LogP contribution in [0.3, 0.4) is 0 Å². The highest BCUT2D eigenvalue weighted by Gasteiger charge is 2.16. The Balaban J connectivity index is 1.64. The van der Waals surface area contributed by atoms with E-state index in [9.17, 15) is 38.9 Å². The standard InChI is InChI=1S/C26H19N5O9S3/c27-23-8-9-25(21-13-17(42(35,36)37)4-6-19(21)23)31-30-24-10-11-26(22-14-18(43(38,39)40)5-7-20(22)24)29-28-15-2-1-3-16(12-15)41(32,33)34/h1-14H,27H2,(H,32,33,34)(H,35,36,37)(H,38,39,40). The monoisotopic (exact) mass is 641 g/mol. The van der Waals surface area contributed by atoms with Crippen LogP contribution in [0.15, 0.2) is 120 Å². The quantitative estimate of drug-likeness (QED) is 0.0898. The summed E-state index contributed by atoms with van der Waals surface area (Å²) in [5.74, 6) is 0. The van der Waals surface area contributed by atoms with Gasteiger partial charge in [0.1, 0.15) is 0 Å². The number of azo groups is 2. The van der Waals surface area contributed by atoms with Crippen molar-refractivity contribution < 1.29 is 38.9 Å². The number of fused-ring (bicyclic) bond motifs is 2. The lowest BCUT2D eigenvalue weighted by Gasteiger charge is -2.08.